The summed E-state index contributed by atoms with van der Waals surface area (Å²) in [6, 6.07) is -0.862. The molecule has 0 aromatic heterocycles. The number of guanidine groups is 1. The third-order valence-electron chi connectivity index (χ3n) is 1.44. The molecule has 0 aliphatic rings. The Morgan fingerprint density at radius 1 is 1.47 bits per heavy atom. The van der Waals surface area contributed by atoms with Crippen molar-refractivity contribution in [2.24, 2.45) is 22.2 Å². The van der Waals surface area contributed by atoms with Crippen LogP contribution in [0.3, 0.4) is 0 Å². The number of carbonyl (C=O) groups excluding carboxylic acids is 2. The lowest BCUT2D eigenvalue weighted by atomic mass is 10.2. The van der Waals surface area contributed by atoms with Crippen LogP contribution in [0.4, 0.5) is 0 Å². The molecule has 0 spiro atoms. The number of carbonyl (C=O) groups is 2. The van der Waals surface area contributed by atoms with Crippen LogP contribution in [0.5, 0.6) is 0 Å². The molecule has 0 aliphatic heterocycles. The van der Waals surface area contributed by atoms with Gasteiger partial charge in [-0.25, -0.2) is 9.68 Å². The van der Waals surface area contributed by atoms with E-state index in [0.29, 0.717) is 19.4 Å². The molecule has 6 N–H and O–H groups in total. The minimum atomic E-state index is -0.862. The van der Waals surface area contributed by atoms with Crippen molar-refractivity contribution in [1.29, 1.82) is 0 Å². The molecule has 0 rings (SSSR count). The van der Waals surface area contributed by atoms with Gasteiger partial charge >= 0.3 is 12.4 Å². The van der Waals surface area contributed by atoms with Gasteiger partial charge in [-0.2, -0.15) is 0 Å². The molecule has 0 saturated heterocycles. The Morgan fingerprint density at radius 2 is 2.13 bits per heavy atom. The van der Waals surface area contributed by atoms with Gasteiger partial charge in [0.1, 0.15) is 6.04 Å². The normalized spacial score (nSPS) is 11.3. The fourth-order valence-corrected chi connectivity index (χ4v) is 0.766. The summed E-state index contributed by atoms with van der Waals surface area (Å²) in [6.45, 7) is 0.363. The molecule has 0 aliphatic carbocycles. The standard InChI is InChI=1S/C7H14N4O4/c8-5(6(13)15-14-4-12)2-1-3-11-7(9)10/h4-5H,1-3,8H2,(H4,9,10,11). The Morgan fingerprint density at radius 3 is 2.67 bits per heavy atom. The molecule has 0 fully saturated rings. The highest BCUT2D eigenvalue weighted by Crippen LogP contribution is 1.97. The molecule has 15 heavy (non-hydrogen) atoms. The average Bonchev–Trinajstić information content (AvgIpc) is 2.20. The lowest BCUT2D eigenvalue weighted by Gasteiger charge is -2.06. The van der Waals surface area contributed by atoms with Crippen molar-refractivity contribution < 1.29 is 19.4 Å². The lowest BCUT2D eigenvalue weighted by Crippen LogP contribution is -2.32. The summed E-state index contributed by atoms with van der Waals surface area (Å²) in [5.74, 6) is -0.831. The van der Waals surface area contributed by atoms with Gasteiger partial charge < -0.3 is 17.2 Å². The number of rotatable bonds is 7. The fraction of sp³-hybridized carbons (Fsp3) is 0.571. The first-order valence-electron chi connectivity index (χ1n) is 4.19. The molecular weight excluding hydrogens is 204 g/mol. The van der Waals surface area contributed by atoms with Crippen LogP contribution >= 0.6 is 0 Å². The van der Waals surface area contributed by atoms with Gasteiger partial charge in [0.05, 0.1) is 0 Å². The van der Waals surface area contributed by atoms with Crippen LogP contribution in [0, 0.1) is 0 Å². The summed E-state index contributed by atoms with van der Waals surface area (Å²) in [5.41, 5.74) is 15.6. The van der Waals surface area contributed by atoms with Gasteiger partial charge in [0.2, 0.25) is 0 Å². The fourth-order valence-electron chi connectivity index (χ4n) is 0.766. The predicted molar refractivity (Wildman–Crippen MR) is 51.1 cm³/mol. The Kier molecular flexibility index (Phi) is 6.64. The summed E-state index contributed by atoms with van der Waals surface area (Å²) >= 11 is 0. The largest absolute Gasteiger partial charge is 0.372 e. The van der Waals surface area contributed by atoms with E-state index in [1.54, 1.807) is 0 Å². The van der Waals surface area contributed by atoms with E-state index >= 15 is 0 Å². The second-order valence-electron chi connectivity index (χ2n) is 2.65. The first kappa shape index (κ1) is 13.2. The molecular formula is C7H14N4O4. The third kappa shape index (κ3) is 7.26. The number of nitrogens with zero attached hydrogens (tertiary/aromatic N) is 1. The van der Waals surface area contributed by atoms with E-state index < -0.39 is 12.0 Å². The first-order chi connectivity index (χ1) is 7.07. The number of hydrogen-bond acceptors (Lipinski definition) is 6. The van der Waals surface area contributed by atoms with E-state index in [2.05, 4.69) is 14.8 Å². The zero-order valence-corrected chi connectivity index (χ0v) is 8.09. The van der Waals surface area contributed by atoms with E-state index in [4.69, 9.17) is 17.2 Å². The van der Waals surface area contributed by atoms with Crippen LogP contribution in [0.1, 0.15) is 12.8 Å². The molecule has 8 nitrogen and oxygen atoms in total. The molecule has 0 saturated carbocycles. The van der Waals surface area contributed by atoms with Crippen molar-refractivity contribution in [3.8, 4) is 0 Å². The first-order valence-corrected chi connectivity index (χ1v) is 4.19. The zero-order chi connectivity index (χ0) is 11.7. The van der Waals surface area contributed by atoms with Crippen LogP contribution in [-0.2, 0) is 19.4 Å². The SMILES string of the molecule is NC(N)=NCCCC(N)C(=O)OOC=O. The minimum Gasteiger partial charge on any atom is -0.370 e. The summed E-state index contributed by atoms with van der Waals surface area (Å²) in [7, 11) is 0. The maximum atomic E-state index is 10.9. The maximum absolute atomic E-state index is 10.9. The van der Waals surface area contributed by atoms with Crippen LogP contribution in [0.2, 0.25) is 0 Å². The number of aliphatic imine (C=N–C) groups is 1. The van der Waals surface area contributed by atoms with E-state index in [1.165, 1.54) is 0 Å². The van der Waals surface area contributed by atoms with Gasteiger partial charge in [-0.15, -0.1) is 0 Å². The minimum absolute atomic E-state index is 0.00989. The van der Waals surface area contributed by atoms with Crippen molar-refractivity contribution >= 4 is 18.4 Å². The summed E-state index contributed by atoms with van der Waals surface area (Å²) in [6.07, 6.45) is 0.854. The summed E-state index contributed by atoms with van der Waals surface area (Å²) in [4.78, 5) is 32.1. The molecule has 0 aromatic carbocycles. The Labute approximate surface area is 86.3 Å². The van der Waals surface area contributed by atoms with Gasteiger partial charge in [0.15, 0.2) is 5.96 Å². The monoisotopic (exact) mass is 218 g/mol. The van der Waals surface area contributed by atoms with Crippen molar-refractivity contribution in [1.82, 2.24) is 0 Å². The van der Waals surface area contributed by atoms with Crippen LogP contribution in [0.25, 0.3) is 0 Å². The topological polar surface area (TPSA) is 143 Å². The molecule has 1 unspecified atom stereocenters. The zero-order valence-electron chi connectivity index (χ0n) is 8.09. The Balaban J connectivity index is 3.64. The van der Waals surface area contributed by atoms with Gasteiger partial charge in [0.25, 0.3) is 0 Å². The lowest BCUT2D eigenvalue weighted by molar-refractivity contribution is -0.249. The van der Waals surface area contributed by atoms with Gasteiger partial charge in [-0.3, -0.25) is 14.7 Å². The molecule has 0 heterocycles. The Hall–Kier alpha value is -1.83. The number of nitrogens with two attached hydrogens (primary N) is 3. The second kappa shape index (κ2) is 7.56. The highest BCUT2D eigenvalue weighted by molar-refractivity contribution is 5.76. The van der Waals surface area contributed by atoms with Crippen molar-refractivity contribution in [3.05, 3.63) is 0 Å². The highest BCUT2D eigenvalue weighted by Gasteiger charge is 2.15. The van der Waals surface area contributed by atoms with Gasteiger partial charge in [-0.05, 0) is 12.8 Å². The molecule has 8 heteroatoms. The van der Waals surface area contributed by atoms with Gasteiger partial charge in [0, 0.05) is 6.54 Å². The van der Waals surface area contributed by atoms with E-state index in [0.717, 1.165) is 0 Å². The molecule has 0 aromatic rings. The van der Waals surface area contributed by atoms with Crippen molar-refractivity contribution in [2.75, 3.05) is 6.54 Å². The van der Waals surface area contributed by atoms with Crippen LogP contribution in [-0.4, -0.2) is 31.0 Å². The second-order valence-corrected chi connectivity index (χ2v) is 2.65. The summed E-state index contributed by atoms with van der Waals surface area (Å²) < 4.78 is 0. The molecule has 0 bridgehead atoms. The molecule has 1 atom stereocenters. The average molecular weight is 218 g/mol. The smallest absolute Gasteiger partial charge is 0.370 e. The Bertz CT molecular complexity index is 239. The van der Waals surface area contributed by atoms with Gasteiger partial charge in [-0.1, -0.05) is 0 Å². The number of hydrogen-bond donors (Lipinski definition) is 3. The van der Waals surface area contributed by atoms with E-state index in [9.17, 15) is 9.59 Å². The highest BCUT2D eigenvalue weighted by atomic mass is 17.2. The van der Waals surface area contributed by atoms with Crippen molar-refractivity contribution in [2.45, 2.75) is 18.9 Å². The third-order valence-corrected chi connectivity index (χ3v) is 1.44. The predicted octanol–water partition coefficient (Wildman–Crippen LogP) is -2.00. The van der Waals surface area contributed by atoms with Crippen LogP contribution < -0.4 is 17.2 Å². The van der Waals surface area contributed by atoms with E-state index in [1.807, 2.05) is 0 Å². The summed E-state index contributed by atoms with van der Waals surface area (Å²) in [5, 5.41) is 0. The molecule has 0 radical (unpaired) electrons. The van der Waals surface area contributed by atoms with Crippen LogP contribution in [0.15, 0.2) is 4.99 Å². The molecule has 86 valence electrons. The quantitative estimate of drug-likeness (QED) is 0.112. The van der Waals surface area contributed by atoms with Crippen molar-refractivity contribution in [3.63, 3.8) is 0 Å². The van der Waals surface area contributed by atoms with E-state index in [-0.39, 0.29) is 12.4 Å². The molecule has 0 amide bonds. The maximum Gasteiger partial charge on any atom is 0.372 e.